The van der Waals surface area contributed by atoms with Crippen molar-refractivity contribution in [1.82, 2.24) is 4.90 Å². The lowest BCUT2D eigenvalue weighted by Crippen LogP contribution is -2.40. The molecule has 1 fully saturated rings. The first-order valence-corrected chi connectivity index (χ1v) is 7.73. The third-order valence-corrected chi connectivity index (χ3v) is 4.16. The molecule has 1 aromatic rings. The Bertz CT molecular complexity index is 549. The number of hydrogen-bond acceptors (Lipinski definition) is 3. The molecule has 1 heterocycles. The summed E-state index contributed by atoms with van der Waals surface area (Å²) in [6.45, 7) is 1.20. The largest absolute Gasteiger partial charge is 0.338 e. The van der Waals surface area contributed by atoms with E-state index in [9.17, 15) is 14.9 Å². The monoisotopic (exact) mass is 330 g/mol. The molecule has 0 radical (unpaired) electrons. The molecule has 0 N–H and O–H groups in total. The summed E-state index contributed by atoms with van der Waals surface area (Å²) in [6.07, 6.45) is 2.78. The number of nitro benzene ring substituents is 1. The first-order valence-electron chi connectivity index (χ1n) is 6.82. The molecule has 1 aromatic carbocycles. The average molecular weight is 331 g/mol. The van der Waals surface area contributed by atoms with Gasteiger partial charge < -0.3 is 4.90 Å². The molecule has 21 heavy (non-hydrogen) atoms. The number of carbonyl (C=O) groups is 1. The van der Waals surface area contributed by atoms with Gasteiger partial charge in [-0.15, -0.1) is 11.6 Å². The van der Waals surface area contributed by atoms with Crippen LogP contribution in [0.25, 0.3) is 0 Å². The van der Waals surface area contributed by atoms with Gasteiger partial charge in [-0.2, -0.15) is 0 Å². The number of carbonyl (C=O) groups excluding carboxylic acids is 1. The molecule has 1 atom stereocenters. The van der Waals surface area contributed by atoms with Crippen molar-refractivity contribution in [2.45, 2.75) is 19.3 Å². The summed E-state index contributed by atoms with van der Waals surface area (Å²) in [6, 6.07) is 4.06. The fourth-order valence-corrected chi connectivity index (χ4v) is 3.13. The maximum Gasteiger partial charge on any atom is 0.282 e. The Hall–Kier alpha value is -1.33. The van der Waals surface area contributed by atoms with Crippen LogP contribution >= 0.6 is 23.2 Å². The zero-order valence-corrected chi connectivity index (χ0v) is 12.9. The summed E-state index contributed by atoms with van der Waals surface area (Å²) in [5.41, 5.74) is -0.150. The Morgan fingerprint density at radius 3 is 2.90 bits per heavy atom. The van der Waals surface area contributed by atoms with Crippen LogP contribution in [-0.2, 0) is 0 Å². The molecule has 1 aliphatic rings. The molecule has 1 unspecified atom stereocenters. The lowest BCUT2D eigenvalue weighted by molar-refractivity contribution is -0.385. The molecule has 0 bridgehead atoms. The van der Waals surface area contributed by atoms with Crippen LogP contribution in [0.15, 0.2) is 18.2 Å². The Kier molecular flexibility index (Phi) is 5.42. The highest BCUT2D eigenvalue weighted by Crippen LogP contribution is 2.27. The van der Waals surface area contributed by atoms with E-state index in [4.69, 9.17) is 23.2 Å². The Morgan fingerprint density at radius 1 is 1.48 bits per heavy atom. The first-order chi connectivity index (χ1) is 10.0. The molecule has 2 rings (SSSR count). The summed E-state index contributed by atoms with van der Waals surface area (Å²) in [5.74, 6) is 0.589. The van der Waals surface area contributed by atoms with E-state index in [1.165, 1.54) is 18.2 Å². The van der Waals surface area contributed by atoms with Crippen LogP contribution in [0.1, 0.15) is 29.6 Å². The highest BCUT2D eigenvalue weighted by molar-refractivity contribution is 6.31. The fraction of sp³-hybridized carbons (Fsp3) is 0.500. The van der Waals surface area contributed by atoms with Gasteiger partial charge in [-0.3, -0.25) is 14.9 Å². The first kappa shape index (κ1) is 16.0. The van der Waals surface area contributed by atoms with E-state index < -0.39 is 4.92 Å². The van der Waals surface area contributed by atoms with Crippen molar-refractivity contribution in [3.8, 4) is 0 Å². The number of likely N-dealkylation sites (tertiary alicyclic amines) is 1. The topological polar surface area (TPSA) is 63.4 Å². The maximum atomic E-state index is 12.6. The van der Waals surface area contributed by atoms with Gasteiger partial charge in [0.05, 0.1) is 4.92 Å². The summed E-state index contributed by atoms with van der Waals surface area (Å²) in [4.78, 5) is 24.7. The molecule has 5 nitrogen and oxygen atoms in total. The smallest absolute Gasteiger partial charge is 0.282 e. The molecular formula is C14H16Cl2N2O3. The van der Waals surface area contributed by atoms with E-state index in [2.05, 4.69) is 0 Å². The summed E-state index contributed by atoms with van der Waals surface area (Å²) in [5, 5.41) is 11.4. The predicted octanol–water partition coefficient (Wildman–Crippen LogP) is 3.73. The lowest BCUT2D eigenvalue weighted by atomic mass is 9.95. The SMILES string of the molecule is O=C(c1cc(Cl)ccc1[N+](=O)[O-])N1CCCC(CCCl)C1. The average Bonchev–Trinajstić information content (AvgIpc) is 2.46. The number of nitro groups is 1. The lowest BCUT2D eigenvalue weighted by Gasteiger charge is -2.32. The van der Waals surface area contributed by atoms with E-state index in [1.54, 1.807) is 4.90 Å². The number of alkyl halides is 1. The normalized spacial score (nSPS) is 18.6. The number of piperidine rings is 1. The van der Waals surface area contributed by atoms with Gasteiger partial charge in [0.15, 0.2) is 0 Å². The zero-order chi connectivity index (χ0) is 15.4. The van der Waals surface area contributed by atoms with Gasteiger partial charge >= 0.3 is 0 Å². The zero-order valence-electron chi connectivity index (χ0n) is 11.4. The Balaban J connectivity index is 2.23. The minimum atomic E-state index is -0.552. The number of benzene rings is 1. The van der Waals surface area contributed by atoms with Crippen LogP contribution in [-0.4, -0.2) is 34.7 Å². The number of hydrogen-bond donors (Lipinski definition) is 0. The van der Waals surface area contributed by atoms with Crippen molar-refractivity contribution >= 4 is 34.8 Å². The second-order valence-corrected chi connectivity index (χ2v) is 5.97. The molecule has 1 aliphatic heterocycles. The highest BCUT2D eigenvalue weighted by atomic mass is 35.5. The third-order valence-electron chi connectivity index (χ3n) is 3.71. The molecule has 0 saturated carbocycles. The standard InChI is InChI=1S/C14H16Cl2N2O3/c15-6-5-10-2-1-7-17(9-10)14(19)12-8-11(16)3-4-13(12)18(20)21/h3-4,8,10H,1-2,5-7,9H2. The number of nitrogens with zero attached hydrogens (tertiary/aromatic N) is 2. The van der Waals surface area contributed by atoms with E-state index in [1.807, 2.05) is 0 Å². The molecule has 114 valence electrons. The minimum Gasteiger partial charge on any atom is -0.338 e. The van der Waals surface area contributed by atoms with Gasteiger partial charge in [0.1, 0.15) is 5.56 Å². The number of rotatable bonds is 4. The van der Waals surface area contributed by atoms with Crippen molar-refractivity contribution in [2.75, 3.05) is 19.0 Å². The second kappa shape index (κ2) is 7.09. The van der Waals surface area contributed by atoms with Gasteiger partial charge in [0.25, 0.3) is 11.6 Å². The minimum absolute atomic E-state index is 0.0547. The van der Waals surface area contributed by atoms with Gasteiger partial charge in [-0.1, -0.05) is 11.6 Å². The van der Waals surface area contributed by atoms with Gasteiger partial charge in [-0.05, 0) is 37.3 Å². The van der Waals surface area contributed by atoms with E-state index >= 15 is 0 Å². The van der Waals surface area contributed by atoms with Crippen molar-refractivity contribution in [3.05, 3.63) is 38.9 Å². The third kappa shape index (κ3) is 3.86. The van der Waals surface area contributed by atoms with Crippen LogP contribution in [0.2, 0.25) is 5.02 Å². The maximum absolute atomic E-state index is 12.6. The quantitative estimate of drug-likeness (QED) is 0.480. The van der Waals surface area contributed by atoms with Crippen molar-refractivity contribution in [3.63, 3.8) is 0 Å². The Labute approximate surface area is 133 Å². The van der Waals surface area contributed by atoms with Crippen molar-refractivity contribution in [1.29, 1.82) is 0 Å². The van der Waals surface area contributed by atoms with Crippen molar-refractivity contribution in [2.24, 2.45) is 5.92 Å². The van der Waals surface area contributed by atoms with E-state index in [0.29, 0.717) is 29.9 Å². The van der Waals surface area contributed by atoms with Gasteiger partial charge in [-0.25, -0.2) is 0 Å². The summed E-state index contributed by atoms with van der Waals surface area (Å²) >= 11 is 11.6. The molecule has 0 aromatic heterocycles. The fourth-order valence-electron chi connectivity index (χ4n) is 2.65. The van der Waals surface area contributed by atoms with Crippen molar-refractivity contribution < 1.29 is 9.72 Å². The molecular weight excluding hydrogens is 315 g/mol. The number of amides is 1. The molecule has 0 spiro atoms. The second-order valence-electron chi connectivity index (χ2n) is 5.16. The van der Waals surface area contributed by atoms with Crippen LogP contribution in [0.3, 0.4) is 0 Å². The van der Waals surface area contributed by atoms with Gasteiger partial charge in [0.2, 0.25) is 0 Å². The van der Waals surface area contributed by atoms with Crippen LogP contribution in [0.4, 0.5) is 5.69 Å². The van der Waals surface area contributed by atoms with Crippen LogP contribution in [0.5, 0.6) is 0 Å². The molecule has 7 heteroatoms. The number of halogens is 2. The molecule has 0 aliphatic carbocycles. The van der Waals surface area contributed by atoms with Crippen LogP contribution < -0.4 is 0 Å². The van der Waals surface area contributed by atoms with Gasteiger partial charge in [0, 0.05) is 30.1 Å². The summed E-state index contributed by atoms with van der Waals surface area (Å²) in [7, 11) is 0. The summed E-state index contributed by atoms with van der Waals surface area (Å²) < 4.78 is 0. The van der Waals surface area contributed by atoms with E-state index in [-0.39, 0.29) is 17.2 Å². The highest BCUT2D eigenvalue weighted by Gasteiger charge is 2.28. The van der Waals surface area contributed by atoms with Crippen LogP contribution in [0, 0.1) is 16.0 Å². The van der Waals surface area contributed by atoms with E-state index in [0.717, 1.165) is 19.3 Å². The molecule has 1 amide bonds. The Morgan fingerprint density at radius 2 is 2.24 bits per heavy atom. The predicted molar refractivity (Wildman–Crippen MR) is 82.1 cm³/mol. The molecule has 1 saturated heterocycles.